The van der Waals surface area contributed by atoms with E-state index in [1.165, 1.54) is 0 Å². The van der Waals surface area contributed by atoms with Gasteiger partial charge in [0, 0.05) is 18.4 Å². The second-order valence-corrected chi connectivity index (χ2v) is 8.14. The molecule has 174 valence electrons. The zero-order valence-electron chi connectivity index (χ0n) is 18.8. The van der Waals surface area contributed by atoms with Crippen LogP contribution in [0.2, 0.25) is 0 Å². The van der Waals surface area contributed by atoms with E-state index in [2.05, 4.69) is 5.43 Å². The molecule has 0 spiro atoms. The van der Waals surface area contributed by atoms with Gasteiger partial charge in [-0.3, -0.25) is 14.4 Å². The summed E-state index contributed by atoms with van der Waals surface area (Å²) in [7, 11) is 1.91. The Balaban J connectivity index is 1.27. The quantitative estimate of drug-likeness (QED) is 0.358. The van der Waals surface area contributed by atoms with E-state index in [0.717, 1.165) is 22.2 Å². The molecule has 1 saturated heterocycles. The molecule has 0 bridgehead atoms. The summed E-state index contributed by atoms with van der Waals surface area (Å²) in [5, 5.41) is 0.524. The Bertz CT molecular complexity index is 1460. The number of imidazole rings is 1. The number of aromatic nitrogens is 2. The SMILES string of the molecule is C[n+]1cn(NC(=O)c2ccc(-c3ccc(C(=O)ON4C(=O)CCC4=O)cc3)cc2)c2ccccc21. The number of amides is 3. The van der Waals surface area contributed by atoms with Crippen molar-refractivity contribution < 1.29 is 28.6 Å². The molecule has 0 atom stereocenters. The van der Waals surface area contributed by atoms with Crippen LogP contribution in [0.5, 0.6) is 0 Å². The molecule has 5 rings (SSSR count). The number of imide groups is 1. The van der Waals surface area contributed by atoms with E-state index in [9.17, 15) is 19.2 Å². The van der Waals surface area contributed by atoms with Gasteiger partial charge in [-0.25, -0.2) is 9.36 Å². The van der Waals surface area contributed by atoms with Gasteiger partial charge in [0.15, 0.2) is 11.0 Å². The van der Waals surface area contributed by atoms with Gasteiger partial charge in [0.05, 0.1) is 12.6 Å². The van der Waals surface area contributed by atoms with Gasteiger partial charge in [-0.2, -0.15) is 5.43 Å². The molecule has 0 aliphatic carbocycles. The van der Waals surface area contributed by atoms with Crippen LogP contribution in [0.3, 0.4) is 0 Å². The van der Waals surface area contributed by atoms with Gasteiger partial charge >= 0.3 is 5.97 Å². The van der Waals surface area contributed by atoms with E-state index >= 15 is 0 Å². The fourth-order valence-electron chi connectivity index (χ4n) is 3.93. The predicted octanol–water partition coefficient (Wildman–Crippen LogP) is 2.74. The second-order valence-electron chi connectivity index (χ2n) is 8.14. The molecule has 0 saturated carbocycles. The molecule has 3 amide bonds. The van der Waals surface area contributed by atoms with Crippen LogP contribution in [0.1, 0.15) is 33.6 Å². The van der Waals surface area contributed by atoms with Crippen molar-refractivity contribution in [1.29, 1.82) is 0 Å². The fraction of sp³-hybridized carbons (Fsp3) is 0.115. The van der Waals surface area contributed by atoms with Gasteiger partial charge in [-0.15, -0.1) is 9.74 Å². The van der Waals surface area contributed by atoms with Crippen molar-refractivity contribution in [3.63, 3.8) is 0 Å². The van der Waals surface area contributed by atoms with E-state index in [0.29, 0.717) is 10.6 Å². The number of nitrogens with one attached hydrogen (secondary N) is 1. The predicted molar refractivity (Wildman–Crippen MR) is 125 cm³/mol. The number of hydrogen-bond donors (Lipinski definition) is 1. The molecule has 9 nitrogen and oxygen atoms in total. The zero-order valence-corrected chi connectivity index (χ0v) is 18.8. The van der Waals surface area contributed by atoms with Gasteiger partial charge in [0.2, 0.25) is 0 Å². The highest BCUT2D eigenvalue weighted by Gasteiger charge is 2.33. The summed E-state index contributed by atoms with van der Waals surface area (Å²) in [5.74, 6) is -2.08. The fourth-order valence-corrected chi connectivity index (χ4v) is 3.93. The van der Waals surface area contributed by atoms with Crippen molar-refractivity contribution in [2.24, 2.45) is 7.05 Å². The lowest BCUT2D eigenvalue weighted by Gasteiger charge is -2.12. The summed E-state index contributed by atoms with van der Waals surface area (Å²) >= 11 is 0. The largest absolute Gasteiger partial charge is 0.363 e. The van der Waals surface area contributed by atoms with E-state index in [1.807, 2.05) is 48.0 Å². The van der Waals surface area contributed by atoms with Gasteiger partial charge < -0.3 is 4.84 Å². The molecular weight excluding hydrogens is 448 g/mol. The zero-order chi connectivity index (χ0) is 24.5. The number of nitrogens with zero attached hydrogens (tertiary/aromatic N) is 3. The molecule has 1 N–H and O–H groups in total. The number of carbonyl (C=O) groups excluding carboxylic acids is 4. The smallest absolute Gasteiger partial charge is 0.325 e. The molecule has 35 heavy (non-hydrogen) atoms. The van der Waals surface area contributed by atoms with Crippen LogP contribution in [0.25, 0.3) is 22.2 Å². The van der Waals surface area contributed by atoms with E-state index in [-0.39, 0.29) is 24.3 Å². The number of benzene rings is 3. The first-order chi connectivity index (χ1) is 16.9. The summed E-state index contributed by atoms with van der Waals surface area (Å²) < 4.78 is 3.62. The van der Waals surface area contributed by atoms with Crippen molar-refractivity contribution in [2.75, 3.05) is 5.43 Å². The Hall–Kier alpha value is -4.79. The third-order valence-corrected chi connectivity index (χ3v) is 5.81. The van der Waals surface area contributed by atoms with Crippen molar-refractivity contribution in [3.8, 4) is 11.1 Å². The standard InChI is InChI=1S/C26H20N4O5/c1-28-16-29(22-5-3-2-4-21(22)28)27-25(33)19-10-6-17(7-11-19)18-8-12-20(13-9-18)26(34)35-30-23(31)14-15-24(30)32/h2-13,16H,14-15H2,1H3/p+1. The Labute approximate surface area is 200 Å². The lowest BCUT2D eigenvalue weighted by molar-refractivity contribution is -0.645. The van der Waals surface area contributed by atoms with Crippen LogP contribution in [0, 0.1) is 0 Å². The average molecular weight is 469 g/mol. The van der Waals surface area contributed by atoms with Crippen LogP contribution >= 0.6 is 0 Å². The number of para-hydroxylation sites is 2. The third-order valence-electron chi connectivity index (χ3n) is 5.81. The maximum atomic E-state index is 12.8. The van der Waals surface area contributed by atoms with Gasteiger partial charge in [-0.05, 0) is 47.5 Å². The van der Waals surface area contributed by atoms with Crippen LogP contribution in [0.15, 0.2) is 79.1 Å². The molecule has 3 aromatic carbocycles. The van der Waals surface area contributed by atoms with Crippen LogP contribution < -0.4 is 9.99 Å². The molecule has 1 aliphatic heterocycles. The summed E-state index contributed by atoms with van der Waals surface area (Å²) in [6.45, 7) is 0. The monoisotopic (exact) mass is 469 g/mol. The summed E-state index contributed by atoms with van der Waals surface area (Å²) in [5.41, 5.74) is 7.15. The molecule has 0 unspecified atom stereocenters. The minimum atomic E-state index is -0.780. The lowest BCUT2D eigenvalue weighted by Crippen LogP contribution is -2.32. The van der Waals surface area contributed by atoms with Crippen LogP contribution in [-0.2, 0) is 21.5 Å². The lowest BCUT2D eigenvalue weighted by atomic mass is 10.0. The van der Waals surface area contributed by atoms with E-state index < -0.39 is 17.8 Å². The highest BCUT2D eigenvalue weighted by Crippen LogP contribution is 2.22. The molecule has 0 radical (unpaired) electrons. The highest BCUT2D eigenvalue weighted by molar-refractivity contribution is 6.03. The summed E-state index contributed by atoms with van der Waals surface area (Å²) in [6.07, 6.45) is 1.89. The molecule has 4 aromatic rings. The van der Waals surface area contributed by atoms with Crippen LogP contribution in [0.4, 0.5) is 0 Å². The maximum absolute atomic E-state index is 12.8. The Morgan fingerprint density at radius 1 is 0.829 bits per heavy atom. The Kier molecular flexibility index (Phi) is 5.58. The molecule has 1 aliphatic rings. The maximum Gasteiger partial charge on any atom is 0.363 e. The van der Waals surface area contributed by atoms with Crippen molar-refractivity contribution >= 4 is 34.7 Å². The summed E-state index contributed by atoms with van der Waals surface area (Å²) in [6, 6.07) is 21.4. The van der Waals surface area contributed by atoms with Crippen molar-refractivity contribution in [2.45, 2.75) is 12.8 Å². The number of hydrogen-bond acceptors (Lipinski definition) is 5. The third kappa shape index (κ3) is 4.26. The number of carbonyl (C=O) groups is 4. The van der Waals surface area contributed by atoms with E-state index in [4.69, 9.17) is 4.84 Å². The van der Waals surface area contributed by atoms with Crippen LogP contribution in [-0.4, -0.2) is 33.4 Å². The van der Waals surface area contributed by atoms with Gasteiger partial charge in [0.25, 0.3) is 24.0 Å². The van der Waals surface area contributed by atoms with Gasteiger partial charge in [0.1, 0.15) is 0 Å². The Morgan fingerprint density at radius 2 is 1.40 bits per heavy atom. The summed E-state index contributed by atoms with van der Waals surface area (Å²) in [4.78, 5) is 53.2. The normalized spacial score (nSPS) is 13.3. The molecule has 2 heterocycles. The average Bonchev–Trinajstić information content (AvgIpc) is 3.37. The molecule has 1 fully saturated rings. The topological polar surface area (TPSA) is 102 Å². The number of fused-ring (bicyclic) bond motifs is 1. The number of rotatable bonds is 5. The van der Waals surface area contributed by atoms with Crippen molar-refractivity contribution in [3.05, 3.63) is 90.3 Å². The number of aryl methyl sites for hydroxylation is 1. The molecule has 9 heteroatoms. The Morgan fingerprint density at radius 3 is 2.03 bits per heavy atom. The number of hydroxylamine groups is 2. The van der Waals surface area contributed by atoms with Gasteiger partial charge in [-0.1, -0.05) is 36.4 Å². The second kappa shape index (κ2) is 8.86. The first kappa shape index (κ1) is 22.0. The minimum absolute atomic E-state index is 0.0414. The van der Waals surface area contributed by atoms with Crippen molar-refractivity contribution in [1.82, 2.24) is 9.74 Å². The first-order valence-corrected chi connectivity index (χ1v) is 11.0. The van der Waals surface area contributed by atoms with E-state index in [1.54, 1.807) is 47.4 Å². The highest BCUT2D eigenvalue weighted by atomic mass is 16.7. The molecular formula is C26H21N4O5+. The molecule has 1 aromatic heterocycles. The first-order valence-electron chi connectivity index (χ1n) is 11.0. The minimum Gasteiger partial charge on any atom is -0.325 e.